The maximum Gasteiger partial charge on any atom is 0.221 e. The molecule has 0 fully saturated rings. The van der Waals surface area contributed by atoms with Crippen molar-refractivity contribution in [2.24, 2.45) is 0 Å². The van der Waals surface area contributed by atoms with Gasteiger partial charge in [-0.05, 0) is 25.5 Å². The number of hydrogen-bond acceptors (Lipinski definition) is 5. The van der Waals surface area contributed by atoms with E-state index in [9.17, 15) is 0 Å². The summed E-state index contributed by atoms with van der Waals surface area (Å²) in [5, 5.41) is 0. The highest BCUT2D eigenvalue weighted by molar-refractivity contribution is 5.47. The van der Waals surface area contributed by atoms with E-state index in [1.807, 2.05) is 44.3 Å². The molecule has 0 unspecified atom stereocenters. The van der Waals surface area contributed by atoms with Crippen molar-refractivity contribution in [3.63, 3.8) is 0 Å². The maximum absolute atomic E-state index is 5.66. The number of anilines is 2. The van der Waals surface area contributed by atoms with Crippen LogP contribution in [0.25, 0.3) is 0 Å². The molecular weight excluding hydrogens is 252 g/mol. The molecule has 106 valence electrons. The van der Waals surface area contributed by atoms with Crippen LogP contribution in [-0.2, 0) is 0 Å². The monoisotopic (exact) mass is 272 g/mol. The van der Waals surface area contributed by atoms with Gasteiger partial charge in [0.05, 0.1) is 6.61 Å². The molecule has 0 amide bonds. The van der Waals surface area contributed by atoms with Gasteiger partial charge in [0.15, 0.2) is 0 Å². The van der Waals surface area contributed by atoms with Crippen LogP contribution in [0.3, 0.4) is 0 Å². The average Bonchev–Trinajstić information content (AvgIpc) is 2.47. The fraction of sp³-hybridized carbons (Fsp3) is 0.333. The van der Waals surface area contributed by atoms with E-state index in [0.717, 1.165) is 30.1 Å². The summed E-state index contributed by atoms with van der Waals surface area (Å²) in [5.41, 5.74) is 6.64. The van der Waals surface area contributed by atoms with Gasteiger partial charge in [0.2, 0.25) is 5.95 Å². The molecule has 0 aliphatic rings. The molecular formula is C15H20N4O. The van der Waals surface area contributed by atoms with Gasteiger partial charge in [-0.2, -0.15) is 4.98 Å². The van der Waals surface area contributed by atoms with Crippen LogP contribution in [0.2, 0.25) is 0 Å². The summed E-state index contributed by atoms with van der Waals surface area (Å²) in [6.45, 7) is 3.50. The smallest absolute Gasteiger partial charge is 0.221 e. The highest BCUT2D eigenvalue weighted by Crippen LogP contribution is 2.15. The van der Waals surface area contributed by atoms with E-state index in [0.29, 0.717) is 12.6 Å². The Morgan fingerprint density at radius 1 is 1.25 bits per heavy atom. The van der Waals surface area contributed by atoms with E-state index in [1.165, 1.54) is 0 Å². The Balaban J connectivity index is 1.80. The molecule has 0 aliphatic carbocycles. The van der Waals surface area contributed by atoms with E-state index in [4.69, 9.17) is 10.5 Å². The van der Waals surface area contributed by atoms with E-state index >= 15 is 0 Å². The Labute approximate surface area is 119 Å². The number of aromatic nitrogens is 2. The first-order chi connectivity index (χ1) is 9.66. The van der Waals surface area contributed by atoms with E-state index in [2.05, 4.69) is 14.9 Å². The van der Waals surface area contributed by atoms with E-state index < -0.39 is 0 Å². The van der Waals surface area contributed by atoms with Crippen LogP contribution < -0.4 is 15.4 Å². The molecule has 0 saturated carbocycles. The molecule has 1 aromatic carbocycles. The first kappa shape index (κ1) is 14.1. The lowest BCUT2D eigenvalue weighted by atomic mass is 10.3. The van der Waals surface area contributed by atoms with Gasteiger partial charge in [-0.25, -0.2) is 4.98 Å². The second kappa shape index (κ2) is 6.75. The standard InChI is InChI=1S/C15H20N4O/c1-12-11-17-15(16)18-14(12)19(2)9-6-10-20-13-7-4-3-5-8-13/h3-5,7-8,11H,6,9-10H2,1-2H3,(H2,16,17,18). The molecule has 2 rings (SSSR count). The molecule has 1 aromatic heterocycles. The number of aryl methyl sites for hydroxylation is 1. The first-order valence-corrected chi connectivity index (χ1v) is 6.65. The highest BCUT2D eigenvalue weighted by atomic mass is 16.5. The number of rotatable bonds is 6. The number of nitrogens with zero attached hydrogens (tertiary/aromatic N) is 3. The SMILES string of the molecule is Cc1cnc(N)nc1N(C)CCCOc1ccccc1. The zero-order chi connectivity index (χ0) is 14.4. The number of hydrogen-bond donors (Lipinski definition) is 1. The summed E-state index contributed by atoms with van der Waals surface area (Å²) in [4.78, 5) is 10.3. The summed E-state index contributed by atoms with van der Waals surface area (Å²) in [6.07, 6.45) is 2.66. The quantitative estimate of drug-likeness (QED) is 0.817. The van der Waals surface area contributed by atoms with Gasteiger partial charge in [0, 0.05) is 25.4 Å². The third kappa shape index (κ3) is 3.85. The van der Waals surface area contributed by atoms with Crippen molar-refractivity contribution >= 4 is 11.8 Å². The maximum atomic E-state index is 5.66. The molecule has 0 radical (unpaired) electrons. The summed E-state index contributed by atoms with van der Waals surface area (Å²) < 4.78 is 5.66. The van der Waals surface area contributed by atoms with Gasteiger partial charge in [-0.1, -0.05) is 18.2 Å². The van der Waals surface area contributed by atoms with E-state index in [1.54, 1.807) is 6.20 Å². The Morgan fingerprint density at radius 3 is 2.75 bits per heavy atom. The third-order valence-corrected chi connectivity index (χ3v) is 2.97. The lowest BCUT2D eigenvalue weighted by molar-refractivity contribution is 0.312. The Bertz CT molecular complexity index is 545. The van der Waals surface area contributed by atoms with E-state index in [-0.39, 0.29) is 0 Å². The van der Waals surface area contributed by atoms with Crippen LogP contribution in [0, 0.1) is 6.92 Å². The molecule has 0 atom stereocenters. The molecule has 2 N–H and O–H groups in total. The molecule has 0 aliphatic heterocycles. The minimum atomic E-state index is 0.304. The van der Waals surface area contributed by atoms with Gasteiger partial charge in [0.25, 0.3) is 0 Å². The van der Waals surface area contributed by atoms with Crippen molar-refractivity contribution in [1.29, 1.82) is 0 Å². The number of nitrogens with two attached hydrogens (primary N) is 1. The van der Waals surface area contributed by atoms with Crippen LogP contribution in [0.15, 0.2) is 36.5 Å². The normalized spacial score (nSPS) is 10.3. The summed E-state index contributed by atoms with van der Waals surface area (Å²) in [6, 6.07) is 9.82. The molecule has 20 heavy (non-hydrogen) atoms. The van der Waals surface area contributed by atoms with Gasteiger partial charge in [-0.3, -0.25) is 0 Å². The molecule has 1 heterocycles. The second-order valence-corrected chi connectivity index (χ2v) is 4.67. The Kier molecular flexibility index (Phi) is 4.76. The topological polar surface area (TPSA) is 64.3 Å². The fourth-order valence-electron chi connectivity index (χ4n) is 1.95. The van der Waals surface area contributed by atoms with Crippen molar-refractivity contribution in [1.82, 2.24) is 9.97 Å². The zero-order valence-corrected chi connectivity index (χ0v) is 11.9. The molecule has 2 aromatic rings. The predicted octanol–water partition coefficient (Wildman–Crippen LogP) is 2.27. The lowest BCUT2D eigenvalue weighted by Gasteiger charge is -2.20. The van der Waals surface area contributed by atoms with Gasteiger partial charge in [0.1, 0.15) is 11.6 Å². The first-order valence-electron chi connectivity index (χ1n) is 6.65. The molecule has 5 heteroatoms. The molecule has 5 nitrogen and oxygen atoms in total. The summed E-state index contributed by atoms with van der Waals surface area (Å²) in [7, 11) is 2.00. The van der Waals surface area contributed by atoms with Crippen LogP contribution in [0.4, 0.5) is 11.8 Å². The largest absolute Gasteiger partial charge is 0.494 e. The average molecular weight is 272 g/mol. The lowest BCUT2D eigenvalue weighted by Crippen LogP contribution is -2.23. The fourth-order valence-corrected chi connectivity index (χ4v) is 1.95. The number of nitrogen functional groups attached to an aromatic ring is 1. The van der Waals surface area contributed by atoms with Crippen molar-refractivity contribution in [2.45, 2.75) is 13.3 Å². The Hall–Kier alpha value is -2.30. The third-order valence-electron chi connectivity index (χ3n) is 2.97. The molecule has 0 spiro atoms. The van der Waals surface area contributed by atoms with Crippen LogP contribution in [-0.4, -0.2) is 30.2 Å². The summed E-state index contributed by atoms with van der Waals surface area (Å²) >= 11 is 0. The van der Waals surface area contributed by atoms with Crippen molar-refractivity contribution in [3.05, 3.63) is 42.1 Å². The van der Waals surface area contributed by atoms with Crippen LogP contribution in [0.5, 0.6) is 5.75 Å². The minimum Gasteiger partial charge on any atom is -0.494 e. The zero-order valence-electron chi connectivity index (χ0n) is 11.9. The number of ether oxygens (including phenoxy) is 1. The Morgan fingerprint density at radius 2 is 2.00 bits per heavy atom. The predicted molar refractivity (Wildman–Crippen MR) is 81.0 cm³/mol. The van der Waals surface area contributed by atoms with Crippen molar-refractivity contribution < 1.29 is 4.74 Å². The second-order valence-electron chi connectivity index (χ2n) is 4.67. The minimum absolute atomic E-state index is 0.304. The van der Waals surface area contributed by atoms with Crippen LogP contribution in [0.1, 0.15) is 12.0 Å². The molecule has 0 bridgehead atoms. The van der Waals surface area contributed by atoms with Gasteiger partial charge in [-0.15, -0.1) is 0 Å². The summed E-state index contributed by atoms with van der Waals surface area (Å²) in [5.74, 6) is 2.08. The van der Waals surface area contributed by atoms with Gasteiger partial charge < -0.3 is 15.4 Å². The van der Waals surface area contributed by atoms with Crippen LogP contribution >= 0.6 is 0 Å². The van der Waals surface area contributed by atoms with Gasteiger partial charge >= 0.3 is 0 Å². The van der Waals surface area contributed by atoms with Crippen molar-refractivity contribution in [3.8, 4) is 5.75 Å². The highest BCUT2D eigenvalue weighted by Gasteiger charge is 2.07. The van der Waals surface area contributed by atoms with Crippen molar-refractivity contribution in [2.75, 3.05) is 30.8 Å². The molecule has 0 saturated heterocycles. The number of para-hydroxylation sites is 1. The number of benzene rings is 1.